The first-order valence-corrected chi connectivity index (χ1v) is 8.45. The minimum absolute atomic E-state index is 0.146. The van der Waals surface area contributed by atoms with E-state index in [0.717, 1.165) is 28.2 Å². The fourth-order valence-corrected chi connectivity index (χ4v) is 3.11. The molecule has 0 amide bonds. The number of aromatic carboxylic acids is 1. The van der Waals surface area contributed by atoms with Gasteiger partial charge in [-0.15, -0.1) is 11.3 Å². The van der Waals surface area contributed by atoms with Crippen molar-refractivity contribution in [1.82, 2.24) is 0 Å². The largest absolute Gasteiger partial charge is 0.544 e. The number of benzene rings is 2. The summed E-state index contributed by atoms with van der Waals surface area (Å²) in [5, 5.41) is 13.0. The highest BCUT2D eigenvalue weighted by Crippen LogP contribution is 2.27. The molecule has 24 heavy (non-hydrogen) atoms. The van der Waals surface area contributed by atoms with Gasteiger partial charge in [-0.25, -0.2) is 4.99 Å². The van der Waals surface area contributed by atoms with E-state index in [1.807, 2.05) is 36.4 Å². The standard InChI is InChI=1S/C20H17NO2S/c1-13-8-9-16(12-14(13)2)18(15-6-4-3-5-7-15)21-17-10-11-24-19(17)20(22)23/h3-12H,1-2H3,(H,22,23)/p-1. The summed E-state index contributed by atoms with van der Waals surface area (Å²) in [5.41, 5.74) is 5.45. The van der Waals surface area contributed by atoms with Gasteiger partial charge in [-0.05, 0) is 42.5 Å². The zero-order chi connectivity index (χ0) is 17.1. The lowest BCUT2D eigenvalue weighted by Crippen LogP contribution is -2.21. The van der Waals surface area contributed by atoms with E-state index in [1.165, 1.54) is 11.1 Å². The molecule has 0 bridgehead atoms. The maximum absolute atomic E-state index is 11.3. The molecule has 0 unspecified atom stereocenters. The number of thiophene rings is 1. The molecule has 120 valence electrons. The minimum Gasteiger partial charge on any atom is -0.544 e. The molecule has 0 aliphatic rings. The van der Waals surface area contributed by atoms with Crippen LogP contribution in [0.2, 0.25) is 0 Å². The van der Waals surface area contributed by atoms with Gasteiger partial charge in [0.05, 0.1) is 22.2 Å². The quantitative estimate of drug-likeness (QED) is 0.680. The molecular formula is C20H16NO2S-. The van der Waals surface area contributed by atoms with Crippen molar-refractivity contribution in [3.63, 3.8) is 0 Å². The molecule has 0 aliphatic heterocycles. The lowest BCUT2D eigenvalue weighted by molar-refractivity contribution is -0.254. The Balaban J connectivity index is 2.19. The maximum atomic E-state index is 11.3. The van der Waals surface area contributed by atoms with Gasteiger partial charge in [0.25, 0.3) is 0 Å². The normalized spacial score (nSPS) is 11.5. The highest BCUT2D eigenvalue weighted by molar-refractivity contribution is 7.12. The number of carboxylic acid groups (broad SMARTS) is 1. The number of rotatable bonds is 4. The van der Waals surface area contributed by atoms with Crippen LogP contribution in [0.25, 0.3) is 0 Å². The molecule has 0 fully saturated rings. The van der Waals surface area contributed by atoms with E-state index in [-0.39, 0.29) is 4.88 Å². The molecule has 0 saturated heterocycles. The molecule has 1 aromatic heterocycles. The number of aryl methyl sites for hydroxylation is 2. The third kappa shape index (κ3) is 3.29. The Kier molecular flexibility index (Phi) is 4.58. The van der Waals surface area contributed by atoms with Crippen LogP contribution in [0.3, 0.4) is 0 Å². The molecule has 0 atom stereocenters. The van der Waals surface area contributed by atoms with E-state index in [9.17, 15) is 9.90 Å². The van der Waals surface area contributed by atoms with Gasteiger partial charge in [-0.2, -0.15) is 0 Å². The second kappa shape index (κ2) is 6.81. The van der Waals surface area contributed by atoms with Crippen molar-refractivity contribution in [1.29, 1.82) is 0 Å². The summed E-state index contributed by atoms with van der Waals surface area (Å²) in [4.78, 5) is 16.1. The number of hydrogen-bond acceptors (Lipinski definition) is 4. The predicted molar refractivity (Wildman–Crippen MR) is 96.3 cm³/mol. The molecule has 1 heterocycles. The van der Waals surface area contributed by atoms with Gasteiger partial charge in [0.1, 0.15) is 0 Å². The molecule has 3 rings (SSSR count). The first-order valence-electron chi connectivity index (χ1n) is 7.57. The highest BCUT2D eigenvalue weighted by atomic mass is 32.1. The van der Waals surface area contributed by atoms with Crippen molar-refractivity contribution in [3.8, 4) is 0 Å². The van der Waals surface area contributed by atoms with Gasteiger partial charge in [0.15, 0.2) is 0 Å². The van der Waals surface area contributed by atoms with Crippen LogP contribution in [0.4, 0.5) is 5.69 Å². The van der Waals surface area contributed by atoms with E-state index >= 15 is 0 Å². The smallest absolute Gasteiger partial charge is 0.0837 e. The first kappa shape index (κ1) is 16.1. The topological polar surface area (TPSA) is 52.5 Å². The number of aliphatic imine (C=N–C) groups is 1. The third-order valence-corrected chi connectivity index (χ3v) is 4.77. The fraction of sp³-hybridized carbons (Fsp3) is 0.100. The van der Waals surface area contributed by atoms with Gasteiger partial charge in [0, 0.05) is 11.1 Å². The van der Waals surface area contributed by atoms with Crippen molar-refractivity contribution in [2.45, 2.75) is 13.8 Å². The monoisotopic (exact) mass is 334 g/mol. The molecule has 4 heteroatoms. The van der Waals surface area contributed by atoms with Crippen molar-refractivity contribution in [2.75, 3.05) is 0 Å². The predicted octanol–water partition coefficient (Wildman–Crippen LogP) is 3.90. The van der Waals surface area contributed by atoms with Crippen LogP contribution >= 0.6 is 11.3 Å². The number of hydrogen-bond donors (Lipinski definition) is 0. The molecular weight excluding hydrogens is 318 g/mol. The Bertz CT molecular complexity index is 910. The van der Waals surface area contributed by atoms with Crippen LogP contribution in [0.1, 0.15) is 31.9 Å². The van der Waals surface area contributed by atoms with Crippen molar-refractivity contribution >= 4 is 28.7 Å². The van der Waals surface area contributed by atoms with Crippen LogP contribution in [0.5, 0.6) is 0 Å². The number of nitrogens with zero attached hydrogens (tertiary/aromatic N) is 1. The second-order valence-corrected chi connectivity index (χ2v) is 6.46. The zero-order valence-corrected chi connectivity index (χ0v) is 14.3. The molecule has 2 aromatic carbocycles. The van der Waals surface area contributed by atoms with Crippen molar-refractivity contribution < 1.29 is 9.90 Å². The van der Waals surface area contributed by atoms with E-state index in [4.69, 9.17) is 0 Å². The first-order chi connectivity index (χ1) is 11.6. The van der Waals surface area contributed by atoms with Crippen LogP contribution in [0, 0.1) is 13.8 Å². The lowest BCUT2D eigenvalue weighted by atomic mass is 9.98. The van der Waals surface area contributed by atoms with Crippen LogP contribution in [-0.4, -0.2) is 11.7 Å². The summed E-state index contributed by atoms with van der Waals surface area (Å²) in [6.07, 6.45) is 0. The molecule has 3 aromatic rings. The van der Waals surface area contributed by atoms with Crippen LogP contribution in [-0.2, 0) is 0 Å². The van der Waals surface area contributed by atoms with E-state index in [1.54, 1.807) is 11.4 Å². The number of carbonyl (C=O) groups excluding carboxylic acids is 1. The molecule has 0 aliphatic carbocycles. The summed E-state index contributed by atoms with van der Waals surface area (Å²) in [6.45, 7) is 4.12. The summed E-state index contributed by atoms with van der Waals surface area (Å²) < 4.78 is 0. The van der Waals surface area contributed by atoms with Gasteiger partial charge in [-0.1, -0.05) is 42.5 Å². The maximum Gasteiger partial charge on any atom is 0.0837 e. The second-order valence-electron chi connectivity index (χ2n) is 5.55. The Morgan fingerprint density at radius 1 is 0.958 bits per heavy atom. The van der Waals surface area contributed by atoms with Crippen molar-refractivity contribution in [2.24, 2.45) is 4.99 Å². The molecule has 0 spiro atoms. The Morgan fingerprint density at radius 3 is 2.38 bits per heavy atom. The summed E-state index contributed by atoms with van der Waals surface area (Å²) in [6, 6.07) is 17.6. The summed E-state index contributed by atoms with van der Waals surface area (Å²) in [5.74, 6) is -1.20. The average Bonchev–Trinajstić information content (AvgIpc) is 3.05. The van der Waals surface area contributed by atoms with Gasteiger partial charge >= 0.3 is 0 Å². The Labute approximate surface area is 144 Å². The molecule has 3 nitrogen and oxygen atoms in total. The van der Waals surface area contributed by atoms with Gasteiger partial charge in [-0.3, -0.25) is 0 Å². The third-order valence-electron chi connectivity index (χ3n) is 3.89. The average molecular weight is 334 g/mol. The molecule has 0 N–H and O–H groups in total. The fourth-order valence-electron chi connectivity index (χ4n) is 2.44. The SMILES string of the molecule is Cc1ccc(C(=Nc2ccsc2C(=O)[O-])c2ccccc2)cc1C. The molecule has 0 saturated carbocycles. The van der Waals surface area contributed by atoms with Crippen LogP contribution in [0.15, 0.2) is 65.0 Å². The molecule has 0 radical (unpaired) electrons. The highest BCUT2D eigenvalue weighted by Gasteiger charge is 2.11. The van der Waals surface area contributed by atoms with Gasteiger partial charge < -0.3 is 9.90 Å². The van der Waals surface area contributed by atoms with Crippen molar-refractivity contribution in [3.05, 3.63) is 87.1 Å². The van der Waals surface area contributed by atoms with E-state index in [2.05, 4.69) is 31.0 Å². The number of carboxylic acids is 1. The Morgan fingerprint density at radius 2 is 1.71 bits per heavy atom. The van der Waals surface area contributed by atoms with E-state index in [0.29, 0.717) is 5.69 Å². The number of carbonyl (C=O) groups is 1. The van der Waals surface area contributed by atoms with Crippen LogP contribution < -0.4 is 5.11 Å². The lowest BCUT2D eigenvalue weighted by Gasteiger charge is -2.10. The Hall–Kier alpha value is -2.72. The zero-order valence-electron chi connectivity index (χ0n) is 13.4. The summed E-state index contributed by atoms with van der Waals surface area (Å²) >= 11 is 1.13. The summed E-state index contributed by atoms with van der Waals surface area (Å²) in [7, 11) is 0. The van der Waals surface area contributed by atoms with E-state index < -0.39 is 5.97 Å². The minimum atomic E-state index is -1.20. The van der Waals surface area contributed by atoms with Gasteiger partial charge in [0.2, 0.25) is 0 Å².